The van der Waals surface area contributed by atoms with Gasteiger partial charge >= 0.3 is 0 Å². The lowest BCUT2D eigenvalue weighted by molar-refractivity contribution is 0.466. The van der Waals surface area contributed by atoms with E-state index in [1.54, 1.807) is 0 Å². The van der Waals surface area contributed by atoms with Crippen LogP contribution in [0.15, 0.2) is 12.1 Å². The van der Waals surface area contributed by atoms with Gasteiger partial charge in [0.2, 0.25) is 0 Å². The standard InChI is InChI=1S/C12H15NO/c1-4-10(7-13)11-5-8(2)12(14)9(3)6-11/h5-6,10,14H,4H2,1-3H3. The van der Waals surface area contributed by atoms with Gasteiger partial charge in [0.25, 0.3) is 0 Å². The molecule has 1 rings (SSSR count). The maximum atomic E-state index is 9.58. The van der Waals surface area contributed by atoms with Crippen LogP contribution in [0.2, 0.25) is 0 Å². The summed E-state index contributed by atoms with van der Waals surface area (Å²) >= 11 is 0. The van der Waals surface area contributed by atoms with E-state index in [9.17, 15) is 5.11 Å². The third kappa shape index (κ3) is 1.88. The van der Waals surface area contributed by atoms with Crippen LogP contribution in [0, 0.1) is 25.2 Å². The summed E-state index contributed by atoms with van der Waals surface area (Å²) in [4.78, 5) is 0. The monoisotopic (exact) mass is 189 g/mol. The van der Waals surface area contributed by atoms with Gasteiger partial charge in [0.15, 0.2) is 0 Å². The Hall–Kier alpha value is -1.49. The number of benzene rings is 1. The molecule has 0 bridgehead atoms. The van der Waals surface area contributed by atoms with Crippen LogP contribution in [0.1, 0.15) is 36.0 Å². The zero-order valence-electron chi connectivity index (χ0n) is 8.83. The lowest BCUT2D eigenvalue weighted by atomic mass is 9.94. The van der Waals surface area contributed by atoms with Gasteiger partial charge in [-0.25, -0.2) is 0 Å². The molecule has 14 heavy (non-hydrogen) atoms. The second-order valence-electron chi connectivity index (χ2n) is 3.59. The molecule has 0 saturated heterocycles. The fraction of sp³-hybridized carbons (Fsp3) is 0.417. The van der Waals surface area contributed by atoms with Gasteiger partial charge in [-0.2, -0.15) is 5.26 Å². The summed E-state index contributed by atoms with van der Waals surface area (Å²) < 4.78 is 0. The zero-order chi connectivity index (χ0) is 10.7. The number of phenols is 1. The average Bonchev–Trinajstić information content (AvgIpc) is 2.16. The smallest absolute Gasteiger partial charge is 0.121 e. The third-order valence-corrected chi connectivity index (χ3v) is 2.48. The molecule has 1 aromatic carbocycles. The number of phenolic OH excluding ortho intramolecular Hbond substituents is 1. The number of rotatable bonds is 2. The fourth-order valence-corrected chi connectivity index (χ4v) is 1.59. The Bertz CT molecular complexity index is 353. The Morgan fingerprint density at radius 3 is 2.21 bits per heavy atom. The molecule has 0 fully saturated rings. The van der Waals surface area contributed by atoms with E-state index in [-0.39, 0.29) is 5.92 Å². The van der Waals surface area contributed by atoms with Crippen molar-refractivity contribution >= 4 is 0 Å². The summed E-state index contributed by atoms with van der Waals surface area (Å²) in [6.45, 7) is 5.71. The van der Waals surface area contributed by atoms with Crippen LogP contribution in [-0.4, -0.2) is 5.11 Å². The highest BCUT2D eigenvalue weighted by Gasteiger charge is 2.11. The van der Waals surface area contributed by atoms with Crippen LogP contribution in [0.3, 0.4) is 0 Å². The molecule has 0 saturated carbocycles. The predicted molar refractivity (Wildman–Crippen MR) is 56.2 cm³/mol. The van der Waals surface area contributed by atoms with E-state index in [0.717, 1.165) is 23.1 Å². The molecule has 1 aromatic rings. The van der Waals surface area contributed by atoms with Crippen LogP contribution in [0.25, 0.3) is 0 Å². The lowest BCUT2D eigenvalue weighted by Gasteiger charge is -2.10. The minimum Gasteiger partial charge on any atom is -0.507 e. The molecular formula is C12H15NO. The van der Waals surface area contributed by atoms with Crippen molar-refractivity contribution in [1.82, 2.24) is 0 Å². The number of nitrogens with zero attached hydrogens (tertiary/aromatic N) is 1. The van der Waals surface area contributed by atoms with E-state index >= 15 is 0 Å². The average molecular weight is 189 g/mol. The fourth-order valence-electron chi connectivity index (χ4n) is 1.59. The van der Waals surface area contributed by atoms with Crippen LogP contribution in [-0.2, 0) is 0 Å². The maximum absolute atomic E-state index is 9.58. The van der Waals surface area contributed by atoms with Crippen molar-refractivity contribution < 1.29 is 5.11 Å². The number of hydrogen-bond donors (Lipinski definition) is 1. The van der Waals surface area contributed by atoms with E-state index in [1.165, 1.54) is 0 Å². The molecule has 1 unspecified atom stereocenters. The van der Waals surface area contributed by atoms with Crippen LogP contribution in [0.5, 0.6) is 5.75 Å². The maximum Gasteiger partial charge on any atom is 0.121 e. The molecule has 0 aliphatic rings. The van der Waals surface area contributed by atoms with Crippen LogP contribution < -0.4 is 0 Å². The summed E-state index contributed by atoms with van der Waals surface area (Å²) in [6.07, 6.45) is 0.806. The molecule has 1 N–H and O–H groups in total. The minimum atomic E-state index is -0.0620. The van der Waals surface area contributed by atoms with Crippen molar-refractivity contribution in [3.05, 3.63) is 28.8 Å². The first kappa shape index (κ1) is 10.6. The Balaban J connectivity index is 3.19. The second kappa shape index (κ2) is 4.15. The van der Waals surface area contributed by atoms with Gasteiger partial charge in [-0.1, -0.05) is 19.1 Å². The first-order valence-electron chi connectivity index (χ1n) is 4.79. The Morgan fingerprint density at radius 1 is 1.36 bits per heavy atom. The molecule has 0 radical (unpaired) electrons. The van der Waals surface area contributed by atoms with Crippen molar-refractivity contribution in [3.63, 3.8) is 0 Å². The van der Waals surface area contributed by atoms with Gasteiger partial charge in [-0.3, -0.25) is 0 Å². The third-order valence-electron chi connectivity index (χ3n) is 2.48. The number of nitriles is 1. The molecular weight excluding hydrogens is 174 g/mol. The summed E-state index contributed by atoms with van der Waals surface area (Å²) in [5, 5.41) is 18.5. The molecule has 2 nitrogen and oxygen atoms in total. The largest absolute Gasteiger partial charge is 0.507 e. The second-order valence-corrected chi connectivity index (χ2v) is 3.59. The van der Waals surface area contributed by atoms with Gasteiger partial charge in [0, 0.05) is 0 Å². The van der Waals surface area contributed by atoms with Gasteiger partial charge < -0.3 is 5.11 Å². The van der Waals surface area contributed by atoms with Crippen molar-refractivity contribution in [2.24, 2.45) is 0 Å². The van der Waals surface area contributed by atoms with Gasteiger partial charge in [0.1, 0.15) is 5.75 Å². The summed E-state index contributed by atoms with van der Waals surface area (Å²) in [5.74, 6) is 0.273. The zero-order valence-corrected chi connectivity index (χ0v) is 8.83. The van der Waals surface area contributed by atoms with Gasteiger partial charge in [-0.15, -0.1) is 0 Å². The summed E-state index contributed by atoms with van der Waals surface area (Å²) in [6, 6.07) is 6.04. The summed E-state index contributed by atoms with van der Waals surface area (Å²) in [7, 11) is 0. The molecule has 0 heterocycles. The number of aryl methyl sites for hydroxylation is 2. The number of hydrogen-bond acceptors (Lipinski definition) is 2. The molecule has 0 aliphatic heterocycles. The van der Waals surface area contributed by atoms with Crippen molar-refractivity contribution in [1.29, 1.82) is 5.26 Å². The van der Waals surface area contributed by atoms with E-state index in [4.69, 9.17) is 5.26 Å². The molecule has 74 valence electrons. The molecule has 1 atom stereocenters. The minimum absolute atomic E-state index is 0.0620. The molecule has 2 heteroatoms. The lowest BCUT2D eigenvalue weighted by Crippen LogP contribution is -1.95. The van der Waals surface area contributed by atoms with E-state index in [2.05, 4.69) is 6.07 Å². The van der Waals surface area contributed by atoms with Crippen molar-refractivity contribution in [3.8, 4) is 11.8 Å². The normalized spacial score (nSPS) is 12.1. The van der Waals surface area contributed by atoms with Gasteiger partial charge in [0.05, 0.1) is 12.0 Å². The molecule has 0 amide bonds. The molecule has 0 spiro atoms. The molecule has 0 aliphatic carbocycles. The predicted octanol–water partition coefficient (Wildman–Crippen LogP) is 3.03. The Labute approximate surface area is 84.8 Å². The highest BCUT2D eigenvalue weighted by atomic mass is 16.3. The van der Waals surface area contributed by atoms with Crippen LogP contribution in [0.4, 0.5) is 0 Å². The summed E-state index contributed by atoms with van der Waals surface area (Å²) in [5.41, 5.74) is 2.69. The first-order valence-corrected chi connectivity index (χ1v) is 4.79. The van der Waals surface area contributed by atoms with Crippen molar-refractivity contribution in [2.75, 3.05) is 0 Å². The quantitative estimate of drug-likeness (QED) is 0.777. The Kier molecular flexibility index (Phi) is 3.14. The highest BCUT2D eigenvalue weighted by Crippen LogP contribution is 2.27. The van der Waals surface area contributed by atoms with E-state index in [1.807, 2.05) is 32.9 Å². The van der Waals surface area contributed by atoms with E-state index < -0.39 is 0 Å². The molecule has 0 aromatic heterocycles. The van der Waals surface area contributed by atoms with E-state index in [0.29, 0.717) is 5.75 Å². The van der Waals surface area contributed by atoms with Gasteiger partial charge in [-0.05, 0) is 37.0 Å². The highest BCUT2D eigenvalue weighted by molar-refractivity contribution is 5.44. The van der Waals surface area contributed by atoms with Crippen LogP contribution >= 0.6 is 0 Å². The first-order chi connectivity index (χ1) is 6.60. The van der Waals surface area contributed by atoms with Crippen molar-refractivity contribution in [2.45, 2.75) is 33.1 Å². The topological polar surface area (TPSA) is 44.0 Å². The SMILES string of the molecule is CCC(C#N)c1cc(C)c(O)c(C)c1. The number of aromatic hydroxyl groups is 1. The Morgan fingerprint density at radius 2 is 1.86 bits per heavy atom.